The maximum atomic E-state index is 11.9. The molecular formula is C21H24N4O3. The zero-order valence-electron chi connectivity index (χ0n) is 15.9. The molecule has 1 fully saturated rings. The van der Waals surface area contributed by atoms with Crippen LogP contribution in [0.15, 0.2) is 42.6 Å². The van der Waals surface area contributed by atoms with Crippen LogP contribution in [0.5, 0.6) is 5.88 Å². The van der Waals surface area contributed by atoms with Crippen LogP contribution in [0.1, 0.15) is 17.3 Å². The first-order chi connectivity index (χ1) is 13.6. The molecule has 0 spiro atoms. The van der Waals surface area contributed by atoms with E-state index in [1.54, 1.807) is 11.5 Å². The van der Waals surface area contributed by atoms with E-state index in [0.29, 0.717) is 37.9 Å². The summed E-state index contributed by atoms with van der Waals surface area (Å²) in [5, 5.41) is 1.07. The Kier molecular flexibility index (Phi) is 5.16. The fraction of sp³-hybridized carbons (Fsp3) is 0.333. The number of nitrogens with zero attached hydrogens (tertiary/aromatic N) is 3. The largest absolute Gasteiger partial charge is 0.477 e. The van der Waals surface area contributed by atoms with Crippen molar-refractivity contribution in [2.75, 3.05) is 43.5 Å². The topological polar surface area (TPSA) is 82.6 Å². The number of hydrogen-bond acceptors (Lipinski definition) is 6. The molecule has 1 aliphatic heterocycles. The molecule has 1 aliphatic rings. The van der Waals surface area contributed by atoms with Gasteiger partial charge in [-0.1, -0.05) is 18.2 Å². The summed E-state index contributed by atoms with van der Waals surface area (Å²) in [6, 6.07) is 11.7. The standard InChI is InChI=1S/C21H24N4O3/c1-15(26)25-14-16(18-4-2-3-5-19(18)25)6-9-28-21-13-17(12-20(22)23-21)24-7-10-27-11-8-24/h2-5,12-14H,6-11H2,1H3,(H2,22,23). The molecule has 146 valence electrons. The predicted molar refractivity (Wildman–Crippen MR) is 109 cm³/mol. The highest BCUT2D eigenvalue weighted by molar-refractivity contribution is 5.93. The van der Waals surface area contributed by atoms with Crippen LogP contribution in [-0.4, -0.2) is 48.4 Å². The predicted octanol–water partition coefficient (Wildman–Crippen LogP) is 2.74. The van der Waals surface area contributed by atoms with Gasteiger partial charge in [0.1, 0.15) is 5.82 Å². The Hall–Kier alpha value is -3.06. The summed E-state index contributed by atoms with van der Waals surface area (Å²) in [5.41, 5.74) is 8.96. The van der Waals surface area contributed by atoms with Crippen molar-refractivity contribution in [3.05, 3.63) is 48.2 Å². The van der Waals surface area contributed by atoms with Crippen molar-refractivity contribution in [3.63, 3.8) is 0 Å². The molecular weight excluding hydrogens is 356 g/mol. The van der Waals surface area contributed by atoms with Crippen LogP contribution in [0.25, 0.3) is 10.9 Å². The van der Waals surface area contributed by atoms with Crippen LogP contribution in [0.2, 0.25) is 0 Å². The zero-order valence-corrected chi connectivity index (χ0v) is 15.9. The minimum atomic E-state index is -0.00368. The van der Waals surface area contributed by atoms with Gasteiger partial charge in [0.25, 0.3) is 0 Å². The Labute approximate surface area is 163 Å². The molecule has 2 aromatic heterocycles. The summed E-state index contributed by atoms with van der Waals surface area (Å²) in [6.45, 7) is 5.08. The third-order valence-corrected chi connectivity index (χ3v) is 4.94. The summed E-state index contributed by atoms with van der Waals surface area (Å²) in [7, 11) is 0. The highest BCUT2D eigenvalue weighted by Crippen LogP contribution is 2.25. The van der Waals surface area contributed by atoms with Crippen molar-refractivity contribution in [1.29, 1.82) is 0 Å². The molecule has 3 heterocycles. The number of hydrogen-bond donors (Lipinski definition) is 1. The van der Waals surface area contributed by atoms with Gasteiger partial charge in [-0.2, -0.15) is 4.98 Å². The van der Waals surface area contributed by atoms with Crippen molar-refractivity contribution in [3.8, 4) is 5.88 Å². The van der Waals surface area contributed by atoms with Gasteiger partial charge in [0, 0.05) is 55.8 Å². The van der Waals surface area contributed by atoms with E-state index in [2.05, 4.69) is 9.88 Å². The molecule has 0 aliphatic carbocycles. The van der Waals surface area contributed by atoms with E-state index in [9.17, 15) is 4.79 Å². The van der Waals surface area contributed by atoms with E-state index in [4.69, 9.17) is 15.2 Å². The second-order valence-electron chi connectivity index (χ2n) is 6.85. The van der Waals surface area contributed by atoms with Crippen LogP contribution < -0.4 is 15.4 Å². The van der Waals surface area contributed by atoms with Crippen LogP contribution >= 0.6 is 0 Å². The number of carbonyl (C=O) groups excluding carboxylic acids is 1. The van der Waals surface area contributed by atoms with E-state index < -0.39 is 0 Å². The molecule has 0 unspecified atom stereocenters. The second kappa shape index (κ2) is 7.90. The van der Waals surface area contributed by atoms with E-state index in [-0.39, 0.29) is 5.91 Å². The molecule has 4 rings (SSSR count). The first-order valence-electron chi connectivity index (χ1n) is 9.45. The molecule has 0 radical (unpaired) electrons. The van der Waals surface area contributed by atoms with Crippen molar-refractivity contribution in [2.24, 2.45) is 0 Å². The van der Waals surface area contributed by atoms with Gasteiger partial charge in [0.05, 0.1) is 25.3 Å². The van der Waals surface area contributed by atoms with Gasteiger partial charge in [0.2, 0.25) is 11.8 Å². The number of nitrogen functional groups attached to an aromatic ring is 1. The van der Waals surface area contributed by atoms with Crippen LogP contribution in [0.3, 0.4) is 0 Å². The van der Waals surface area contributed by atoms with E-state index >= 15 is 0 Å². The van der Waals surface area contributed by atoms with Crippen molar-refractivity contribution >= 4 is 28.3 Å². The number of anilines is 2. The number of pyridine rings is 1. The van der Waals surface area contributed by atoms with Crippen molar-refractivity contribution in [1.82, 2.24) is 9.55 Å². The maximum absolute atomic E-state index is 11.9. The fourth-order valence-corrected chi connectivity index (χ4v) is 3.57. The summed E-state index contributed by atoms with van der Waals surface area (Å²) in [5.74, 6) is 0.944. The quantitative estimate of drug-likeness (QED) is 0.733. The third-order valence-electron chi connectivity index (χ3n) is 4.94. The van der Waals surface area contributed by atoms with E-state index in [1.807, 2.05) is 42.6 Å². The number of carbonyl (C=O) groups is 1. The van der Waals surface area contributed by atoms with Gasteiger partial charge in [-0.3, -0.25) is 9.36 Å². The molecule has 2 N–H and O–H groups in total. The molecule has 0 amide bonds. The zero-order chi connectivity index (χ0) is 19.5. The Morgan fingerprint density at radius 2 is 2.04 bits per heavy atom. The van der Waals surface area contributed by atoms with E-state index in [0.717, 1.165) is 35.2 Å². The molecule has 1 aromatic carbocycles. The highest BCUT2D eigenvalue weighted by Gasteiger charge is 2.14. The van der Waals surface area contributed by atoms with E-state index in [1.165, 1.54) is 0 Å². The molecule has 1 saturated heterocycles. The summed E-state index contributed by atoms with van der Waals surface area (Å²) < 4.78 is 13.0. The van der Waals surface area contributed by atoms with Gasteiger partial charge in [0.15, 0.2) is 0 Å². The Morgan fingerprint density at radius 1 is 1.25 bits per heavy atom. The Balaban J connectivity index is 1.48. The van der Waals surface area contributed by atoms with Crippen LogP contribution in [0, 0.1) is 0 Å². The van der Waals surface area contributed by atoms with Gasteiger partial charge in [-0.15, -0.1) is 0 Å². The number of ether oxygens (including phenoxy) is 2. The first-order valence-corrected chi connectivity index (χ1v) is 9.45. The maximum Gasteiger partial charge on any atom is 0.227 e. The molecule has 28 heavy (non-hydrogen) atoms. The average molecular weight is 380 g/mol. The molecule has 0 bridgehead atoms. The van der Waals surface area contributed by atoms with Gasteiger partial charge in [-0.05, 0) is 11.6 Å². The smallest absolute Gasteiger partial charge is 0.227 e. The summed E-state index contributed by atoms with van der Waals surface area (Å²) >= 11 is 0. The average Bonchev–Trinajstić information content (AvgIpc) is 3.07. The van der Waals surface area contributed by atoms with Gasteiger partial charge >= 0.3 is 0 Å². The van der Waals surface area contributed by atoms with Gasteiger partial charge < -0.3 is 20.1 Å². The number of fused-ring (bicyclic) bond motifs is 1. The summed E-state index contributed by atoms with van der Waals surface area (Å²) in [6.07, 6.45) is 2.56. The minimum Gasteiger partial charge on any atom is -0.477 e. The molecule has 0 saturated carbocycles. The van der Waals surface area contributed by atoms with Crippen LogP contribution in [-0.2, 0) is 11.2 Å². The Morgan fingerprint density at radius 3 is 2.82 bits per heavy atom. The van der Waals surface area contributed by atoms with Crippen LogP contribution in [0.4, 0.5) is 11.5 Å². The lowest BCUT2D eigenvalue weighted by Gasteiger charge is -2.29. The second-order valence-corrected chi connectivity index (χ2v) is 6.85. The number of aromatic nitrogens is 2. The Bertz CT molecular complexity index is 992. The molecule has 7 heteroatoms. The molecule has 3 aromatic rings. The van der Waals surface area contributed by atoms with Gasteiger partial charge in [-0.25, -0.2) is 0 Å². The first kappa shape index (κ1) is 18.3. The minimum absolute atomic E-state index is 0.00368. The lowest BCUT2D eigenvalue weighted by Crippen LogP contribution is -2.36. The lowest BCUT2D eigenvalue weighted by molar-refractivity contribution is 0.0941. The lowest BCUT2D eigenvalue weighted by atomic mass is 10.1. The van der Waals surface area contributed by atoms with Crippen molar-refractivity contribution < 1.29 is 14.3 Å². The highest BCUT2D eigenvalue weighted by atomic mass is 16.5. The number of benzene rings is 1. The normalized spacial score (nSPS) is 14.4. The molecule has 7 nitrogen and oxygen atoms in total. The summed E-state index contributed by atoms with van der Waals surface area (Å²) in [4.78, 5) is 18.4. The molecule has 0 atom stereocenters. The number of rotatable bonds is 5. The SMILES string of the molecule is CC(=O)n1cc(CCOc2cc(N3CCOCC3)cc(N)n2)c2ccccc21. The fourth-order valence-electron chi connectivity index (χ4n) is 3.57. The van der Waals surface area contributed by atoms with Crippen molar-refractivity contribution in [2.45, 2.75) is 13.3 Å². The number of morpholine rings is 1. The third kappa shape index (κ3) is 3.80. The number of nitrogens with two attached hydrogens (primary N) is 1. The number of para-hydroxylation sites is 1. The monoisotopic (exact) mass is 380 g/mol.